The third-order valence-electron chi connectivity index (χ3n) is 2.03. The van der Waals surface area contributed by atoms with Gasteiger partial charge in [-0.15, -0.1) is 0 Å². The predicted molar refractivity (Wildman–Crippen MR) is 61.3 cm³/mol. The Morgan fingerprint density at radius 2 is 2.17 bits per heavy atom. The van der Waals surface area contributed by atoms with Gasteiger partial charge in [0.2, 0.25) is 0 Å². The Balaban J connectivity index is 2.27. The molecule has 0 atom stereocenters. The molecule has 0 saturated carbocycles. The third-order valence-corrected chi connectivity index (χ3v) is 2.03. The maximum Gasteiger partial charge on any atom is 0.363 e. The number of hydrogen-bond acceptors (Lipinski definition) is 6. The van der Waals surface area contributed by atoms with Crippen LogP contribution in [-0.2, 0) is 14.3 Å². The molecule has 1 aliphatic heterocycles. The quantitative estimate of drug-likeness (QED) is 0.551. The Morgan fingerprint density at radius 3 is 2.83 bits per heavy atom. The minimum Gasteiger partial charge on any atom is -0.457 e. The van der Waals surface area contributed by atoms with Gasteiger partial charge in [0.25, 0.3) is 0 Å². The predicted octanol–water partition coefficient (Wildman–Crippen LogP) is 1.33. The molecule has 0 aliphatic carbocycles. The molecular formula is C12H12N2O4. The zero-order valence-electron chi connectivity index (χ0n) is 10.3. The molecule has 0 unspecified atom stereocenters. The van der Waals surface area contributed by atoms with Crippen LogP contribution in [0.25, 0.3) is 5.76 Å². The summed E-state index contributed by atoms with van der Waals surface area (Å²) in [4.78, 5) is 30.6. The lowest BCUT2D eigenvalue weighted by Crippen LogP contribution is -2.22. The van der Waals surface area contributed by atoms with E-state index >= 15 is 0 Å². The summed E-state index contributed by atoms with van der Waals surface area (Å²) in [6.45, 7) is 5.25. The third kappa shape index (κ3) is 2.53. The van der Waals surface area contributed by atoms with Crippen molar-refractivity contribution in [3.8, 4) is 0 Å². The Hall–Kier alpha value is -2.24. The summed E-state index contributed by atoms with van der Waals surface area (Å²) in [5.74, 6) is -1.06. The number of rotatable bonds is 1. The molecule has 6 heteroatoms. The number of fused-ring (bicyclic) bond motifs is 1. The molecular weight excluding hydrogens is 236 g/mol. The molecule has 1 aliphatic rings. The van der Waals surface area contributed by atoms with Crippen molar-refractivity contribution < 1.29 is 19.1 Å². The molecule has 94 valence electrons. The van der Waals surface area contributed by atoms with Crippen molar-refractivity contribution in [3.63, 3.8) is 0 Å². The number of ether oxygens (including phenoxy) is 2. The molecule has 2 rings (SSSR count). The van der Waals surface area contributed by atoms with E-state index in [1.807, 2.05) is 0 Å². The van der Waals surface area contributed by atoms with Crippen LogP contribution in [0.15, 0.2) is 18.6 Å². The summed E-state index contributed by atoms with van der Waals surface area (Å²) >= 11 is 0. The van der Waals surface area contributed by atoms with Crippen molar-refractivity contribution in [2.75, 3.05) is 0 Å². The van der Waals surface area contributed by atoms with Gasteiger partial charge in [0.05, 0.1) is 11.6 Å². The summed E-state index contributed by atoms with van der Waals surface area (Å²) in [7, 11) is 0. The topological polar surface area (TPSA) is 78.4 Å². The fourth-order valence-electron chi connectivity index (χ4n) is 1.42. The van der Waals surface area contributed by atoms with Crippen LogP contribution in [0.5, 0.6) is 0 Å². The number of hydrogen-bond donors (Lipinski definition) is 0. The standard InChI is InChI=1S/C12H12N2O4/c1-12(2,3)18-9(15)4-8-7-5-13-6-14-10(7)11(16)17-8/h4-6H,1-3H3/b8-4-. The molecule has 1 aromatic rings. The van der Waals surface area contributed by atoms with Crippen LogP contribution in [0, 0.1) is 0 Å². The van der Waals surface area contributed by atoms with Crippen LogP contribution in [0.3, 0.4) is 0 Å². The van der Waals surface area contributed by atoms with Crippen molar-refractivity contribution >= 4 is 17.7 Å². The number of esters is 2. The Kier molecular flexibility index (Phi) is 2.86. The number of cyclic esters (lactones) is 1. The average molecular weight is 248 g/mol. The number of aromatic nitrogens is 2. The largest absolute Gasteiger partial charge is 0.457 e. The second-order valence-corrected chi connectivity index (χ2v) is 4.72. The normalized spacial score (nSPS) is 16.4. The smallest absolute Gasteiger partial charge is 0.363 e. The van der Waals surface area contributed by atoms with Gasteiger partial charge in [0, 0.05) is 6.20 Å². The van der Waals surface area contributed by atoms with Gasteiger partial charge in [-0.3, -0.25) is 0 Å². The van der Waals surface area contributed by atoms with Crippen molar-refractivity contribution in [3.05, 3.63) is 29.9 Å². The minimum absolute atomic E-state index is 0.116. The summed E-state index contributed by atoms with van der Waals surface area (Å²) < 4.78 is 10.0. The number of carbonyl (C=O) groups excluding carboxylic acids is 2. The van der Waals surface area contributed by atoms with Gasteiger partial charge in [0.1, 0.15) is 17.7 Å². The zero-order valence-corrected chi connectivity index (χ0v) is 10.3. The molecule has 18 heavy (non-hydrogen) atoms. The highest BCUT2D eigenvalue weighted by molar-refractivity contribution is 6.04. The summed E-state index contributed by atoms with van der Waals surface area (Å²) in [5.41, 5.74) is -0.0552. The van der Waals surface area contributed by atoms with Gasteiger partial charge in [-0.1, -0.05) is 0 Å². The summed E-state index contributed by atoms with van der Waals surface area (Å²) in [5, 5.41) is 0. The van der Waals surface area contributed by atoms with Gasteiger partial charge in [-0.05, 0) is 20.8 Å². The van der Waals surface area contributed by atoms with E-state index in [2.05, 4.69) is 9.97 Å². The van der Waals surface area contributed by atoms with Crippen LogP contribution in [0.1, 0.15) is 36.8 Å². The molecule has 0 amide bonds. The maximum absolute atomic E-state index is 11.6. The highest BCUT2D eigenvalue weighted by atomic mass is 16.6. The second-order valence-electron chi connectivity index (χ2n) is 4.72. The van der Waals surface area contributed by atoms with E-state index < -0.39 is 17.5 Å². The van der Waals surface area contributed by atoms with Crippen molar-refractivity contribution in [1.82, 2.24) is 9.97 Å². The highest BCUT2D eigenvalue weighted by Gasteiger charge is 2.29. The Morgan fingerprint density at radius 1 is 1.44 bits per heavy atom. The lowest BCUT2D eigenvalue weighted by atomic mass is 10.2. The van der Waals surface area contributed by atoms with E-state index in [0.29, 0.717) is 5.56 Å². The second kappa shape index (κ2) is 4.21. The SMILES string of the molecule is CC(C)(C)OC(=O)/C=C1\OC(=O)c2ncncc21. The molecule has 1 aromatic heterocycles. The van der Waals surface area contributed by atoms with Crippen molar-refractivity contribution in [2.24, 2.45) is 0 Å². The molecule has 0 fully saturated rings. The molecule has 0 N–H and O–H groups in total. The van der Waals surface area contributed by atoms with Gasteiger partial charge in [-0.2, -0.15) is 0 Å². The monoisotopic (exact) mass is 248 g/mol. The molecule has 2 heterocycles. The lowest BCUT2D eigenvalue weighted by molar-refractivity contribution is -0.148. The van der Waals surface area contributed by atoms with Gasteiger partial charge < -0.3 is 9.47 Å². The van der Waals surface area contributed by atoms with Gasteiger partial charge in [0.15, 0.2) is 5.69 Å². The van der Waals surface area contributed by atoms with E-state index in [4.69, 9.17) is 9.47 Å². The summed E-state index contributed by atoms with van der Waals surface area (Å²) in [6.07, 6.45) is 3.79. The van der Waals surface area contributed by atoms with Crippen LogP contribution >= 0.6 is 0 Å². The highest BCUT2D eigenvalue weighted by Crippen LogP contribution is 2.27. The summed E-state index contributed by atoms with van der Waals surface area (Å²) in [6, 6.07) is 0. The maximum atomic E-state index is 11.6. The van der Waals surface area contributed by atoms with Gasteiger partial charge in [-0.25, -0.2) is 19.6 Å². The number of carbonyl (C=O) groups is 2. The van der Waals surface area contributed by atoms with E-state index in [1.165, 1.54) is 12.5 Å². The van der Waals surface area contributed by atoms with Crippen LogP contribution in [0.4, 0.5) is 0 Å². The molecule has 0 spiro atoms. The van der Waals surface area contributed by atoms with Crippen LogP contribution in [-0.4, -0.2) is 27.5 Å². The molecule has 0 bridgehead atoms. The van der Waals surface area contributed by atoms with E-state index in [0.717, 1.165) is 6.08 Å². The Bertz CT molecular complexity index is 543. The first-order chi connectivity index (χ1) is 8.37. The minimum atomic E-state index is -0.604. The van der Waals surface area contributed by atoms with Crippen LogP contribution < -0.4 is 0 Å². The van der Waals surface area contributed by atoms with Crippen LogP contribution in [0.2, 0.25) is 0 Å². The van der Waals surface area contributed by atoms with Crippen molar-refractivity contribution in [2.45, 2.75) is 26.4 Å². The van der Waals surface area contributed by atoms with E-state index in [9.17, 15) is 9.59 Å². The van der Waals surface area contributed by atoms with Crippen molar-refractivity contribution in [1.29, 1.82) is 0 Å². The lowest BCUT2D eigenvalue weighted by Gasteiger charge is -2.18. The first kappa shape index (κ1) is 12.2. The Labute approximate surface area is 104 Å². The molecule has 6 nitrogen and oxygen atoms in total. The first-order valence-corrected chi connectivity index (χ1v) is 5.34. The fourth-order valence-corrected chi connectivity index (χ4v) is 1.42. The first-order valence-electron chi connectivity index (χ1n) is 5.34. The average Bonchev–Trinajstić information content (AvgIpc) is 2.54. The number of nitrogens with zero attached hydrogens (tertiary/aromatic N) is 2. The van der Waals surface area contributed by atoms with E-state index in [-0.39, 0.29) is 11.5 Å². The molecule has 0 saturated heterocycles. The fraction of sp³-hybridized carbons (Fsp3) is 0.333. The zero-order chi connectivity index (χ0) is 13.3. The van der Waals surface area contributed by atoms with E-state index in [1.54, 1.807) is 20.8 Å². The van der Waals surface area contributed by atoms with Gasteiger partial charge >= 0.3 is 11.9 Å². The molecule has 0 aromatic carbocycles. The molecule has 0 radical (unpaired) electrons.